The van der Waals surface area contributed by atoms with Gasteiger partial charge in [0.05, 0.1) is 30.8 Å². The van der Waals surface area contributed by atoms with Gasteiger partial charge in [0, 0.05) is 12.2 Å². The first-order chi connectivity index (χ1) is 18.5. The van der Waals surface area contributed by atoms with Crippen molar-refractivity contribution in [3.05, 3.63) is 88.6 Å². The van der Waals surface area contributed by atoms with E-state index in [4.69, 9.17) is 18.9 Å². The minimum atomic E-state index is -0.520. The van der Waals surface area contributed by atoms with Crippen molar-refractivity contribution in [3.63, 3.8) is 0 Å². The minimum absolute atomic E-state index is 0.0846. The normalized spacial score (nSPS) is 17.4. The molecule has 5 rings (SSSR count). The molecule has 38 heavy (non-hydrogen) atoms. The van der Waals surface area contributed by atoms with Crippen molar-refractivity contribution in [2.45, 2.75) is 25.9 Å². The van der Waals surface area contributed by atoms with E-state index in [0.717, 1.165) is 16.8 Å². The summed E-state index contributed by atoms with van der Waals surface area (Å²) in [6, 6.07) is 12.5. The molecule has 3 aliphatic heterocycles. The summed E-state index contributed by atoms with van der Waals surface area (Å²) >= 11 is 1.42. The maximum Gasteiger partial charge on any atom is 0.338 e. The molecular formula is C28H27N3O6S. The quantitative estimate of drug-likeness (QED) is 0.373. The number of rotatable bonds is 9. The van der Waals surface area contributed by atoms with Crippen LogP contribution < -0.4 is 19.5 Å². The lowest BCUT2D eigenvalue weighted by Crippen LogP contribution is -2.38. The van der Waals surface area contributed by atoms with Crippen LogP contribution in [0.3, 0.4) is 0 Å². The standard InChI is InChI=1S/C28H27N3O6S/c1-4-11-35-27(33)25-17(2)30-28-31(26(25)19-6-8-21(34-3)9-7-19)20(15-38-28)13-24(32)29-14-18-5-10-22-23(12-18)37-16-36-22/h4-10,12,15,26H,1,11,13-14,16H2,2-3H3,(H,29,32). The zero-order valence-electron chi connectivity index (χ0n) is 21.1. The molecule has 2 aromatic carbocycles. The van der Waals surface area contributed by atoms with E-state index < -0.39 is 12.0 Å². The maximum absolute atomic E-state index is 13.2. The van der Waals surface area contributed by atoms with Crippen molar-refractivity contribution >= 4 is 28.8 Å². The Hall–Kier alpha value is -4.18. The lowest BCUT2D eigenvalue weighted by Gasteiger charge is -2.36. The fourth-order valence-electron chi connectivity index (χ4n) is 4.42. The first-order valence-corrected chi connectivity index (χ1v) is 12.9. The Balaban J connectivity index is 1.37. The highest BCUT2D eigenvalue weighted by atomic mass is 32.2. The van der Waals surface area contributed by atoms with E-state index in [2.05, 4.69) is 16.9 Å². The molecule has 2 aromatic rings. The van der Waals surface area contributed by atoms with E-state index >= 15 is 0 Å². The van der Waals surface area contributed by atoms with Crippen LogP contribution in [0.15, 0.2) is 82.5 Å². The third-order valence-corrected chi connectivity index (χ3v) is 7.14. The summed E-state index contributed by atoms with van der Waals surface area (Å²) < 4.78 is 21.5. The molecule has 0 spiro atoms. The Labute approximate surface area is 224 Å². The number of amides is 1. The molecule has 3 heterocycles. The predicted molar refractivity (Wildman–Crippen MR) is 144 cm³/mol. The van der Waals surface area contributed by atoms with Crippen LogP contribution in [0.25, 0.3) is 0 Å². The van der Waals surface area contributed by atoms with Gasteiger partial charge < -0.3 is 29.2 Å². The Morgan fingerprint density at radius 3 is 2.76 bits per heavy atom. The summed E-state index contributed by atoms with van der Waals surface area (Å²) in [7, 11) is 1.60. The van der Waals surface area contributed by atoms with Crippen LogP contribution >= 0.6 is 11.8 Å². The number of hydrogen-bond acceptors (Lipinski definition) is 9. The maximum atomic E-state index is 13.2. The summed E-state index contributed by atoms with van der Waals surface area (Å²) in [5.74, 6) is 1.42. The third kappa shape index (κ3) is 5.12. The summed E-state index contributed by atoms with van der Waals surface area (Å²) in [6.07, 6.45) is 1.63. The van der Waals surface area contributed by atoms with Crippen LogP contribution in [-0.2, 0) is 20.9 Å². The van der Waals surface area contributed by atoms with Gasteiger partial charge in [0.2, 0.25) is 12.7 Å². The lowest BCUT2D eigenvalue weighted by atomic mass is 9.93. The van der Waals surface area contributed by atoms with E-state index in [0.29, 0.717) is 40.2 Å². The second-order valence-electron chi connectivity index (χ2n) is 8.69. The number of ether oxygens (including phenoxy) is 4. The number of nitrogens with one attached hydrogen (secondary N) is 1. The number of fused-ring (bicyclic) bond motifs is 2. The molecule has 0 saturated heterocycles. The lowest BCUT2D eigenvalue weighted by molar-refractivity contribution is -0.138. The number of hydrogen-bond donors (Lipinski definition) is 1. The molecule has 0 radical (unpaired) electrons. The van der Waals surface area contributed by atoms with Crippen LogP contribution in [0, 0.1) is 0 Å². The average Bonchev–Trinajstić information content (AvgIpc) is 3.56. The minimum Gasteiger partial charge on any atom is -0.497 e. The van der Waals surface area contributed by atoms with Crippen LogP contribution in [0.5, 0.6) is 17.2 Å². The van der Waals surface area contributed by atoms with Crippen LogP contribution in [-0.4, -0.2) is 42.5 Å². The largest absolute Gasteiger partial charge is 0.497 e. The van der Waals surface area contributed by atoms with Crippen molar-refractivity contribution in [3.8, 4) is 17.2 Å². The predicted octanol–water partition coefficient (Wildman–Crippen LogP) is 4.43. The van der Waals surface area contributed by atoms with Crippen molar-refractivity contribution in [2.75, 3.05) is 20.5 Å². The van der Waals surface area contributed by atoms with E-state index in [9.17, 15) is 9.59 Å². The number of allylic oxidation sites excluding steroid dienone is 1. The summed E-state index contributed by atoms with van der Waals surface area (Å²) in [6.45, 7) is 6.05. The molecule has 0 fully saturated rings. The number of carbonyl (C=O) groups is 2. The number of thioether (sulfide) groups is 1. The van der Waals surface area contributed by atoms with E-state index in [1.165, 1.54) is 17.8 Å². The first-order valence-electron chi connectivity index (χ1n) is 12.0. The van der Waals surface area contributed by atoms with Crippen LogP contribution in [0.1, 0.15) is 30.5 Å². The number of nitrogens with zero attached hydrogens (tertiary/aromatic N) is 2. The fourth-order valence-corrected chi connectivity index (χ4v) is 5.39. The molecule has 10 heteroatoms. The smallest absolute Gasteiger partial charge is 0.338 e. The van der Waals surface area contributed by atoms with Gasteiger partial charge in [-0.15, -0.1) is 0 Å². The molecular weight excluding hydrogens is 506 g/mol. The van der Waals surface area contributed by atoms with Crippen LogP contribution in [0.2, 0.25) is 0 Å². The Kier molecular flexibility index (Phi) is 7.41. The average molecular weight is 534 g/mol. The summed E-state index contributed by atoms with van der Waals surface area (Å²) in [4.78, 5) is 32.8. The van der Waals surface area contributed by atoms with Gasteiger partial charge in [-0.2, -0.15) is 0 Å². The molecule has 9 nitrogen and oxygen atoms in total. The van der Waals surface area contributed by atoms with Gasteiger partial charge >= 0.3 is 5.97 Å². The van der Waals surface area contributed by atoms with Gasteiger partial charge in [-0.3, -0.25) is 4.79 Å². The Bertz CT molecular complexity index is 1370. The molecule has 1 atom stereocenters. The van der Waals surface area contributed by atoms with Crippen molar-refractivity contribution in [1.82, 2.24) is 10.2 Å². The SMILES string of the molecule is C=CCOC(=O)C1=C(C)N=C2SC=C(CC(=O)NCc3ccc4c(c3)OCO4)N2C1c1ccc(OC)cc1. The molecule has 1 N–H and O–H groups in total. The van der Waals surface area contributed by atoms with Crippen molar-refractivity contribution < 1.29 is 28.5 Å². The molecule has 0 aromatic heterocycles. The Morgan fingerprint density at radius 1 is 1.21 bits per heavy atom. The van der Waals surface area contributed by atoms with Gasteiger partial charge in [0.25, 0.3) is 0 Å². The zero-order valence-corrected chi connectivity index (χ0v) is 21.9. The first kappa shape index (κ1) is 25.5. The highest BCUT2D eigenvalue weighted by Gasteiger charge is 2.41. The van der Waals surface area contributed by atoms with Crippen molar-refractivity contribution in [2.24, 2.45) is 4.99 Å². The topological polar surface area (TPSA) is 98.7 Å². The third-order valence-electron chi connectivity index (χ3n) is 6.25. The molecule has 0 aliphatic carbocycles. The number of amidine groups is 1. The Morgan fingerprint density at radius 2 is 2.00 bits per heavy atom. The van der Waals surface area contributed by atoms with Crippen molar-refractivity contribution in [1.29, 1.82) is 0 Å². The molecule has 3 aliphatic rings. The molecule has 0 bridgehead atoms. The molecule has 1 unspecified atom stereocenters. The highest BCUT2D eigenvalue weighted by molar-refractivity contribution is 8.16. The number of carbonyl (C=O) groups excluding carboxylic acids is 2. The zero-order chi connectivity index (χ0) is 26.6. The summed E-state index contributed by atoms with van der Waals surface area (Å²) in [5.41, 5.74) is 3.46. The monoisotopic (exact) mass is 533 g/mol. The molecule has 196 valence electrons. The second kappa shape index (κ2) is 11.1. The van der Waals surface area contributed by atoms with Gasteiger partial charge in [-0.1, -0.05) is 42.6 Å². The van der Waals surface area contributed by atoms with Crippen LogP contribution in [0.4, 0.5) is 0 Å². The van der Waals surface area contributed by atoms with E-state index in [1.807, 2.05) is 52.8 Å². The van der Waals surface area contributed by atoms with Gasteiger partial charge in [-0.25, -0.2) is 9.79 Å². The van der Waals surface area contributed by atoms with Gasteiger partial charge in [-0.05, 0) is 47.7 Å². The number of benzene rings is 2. The number of aliphatic imine (C=N–C) groups is 1. The molecule has 0 saturated carbocycles. The van der Waals surface area contributed by atoms with E-state index in [-0.39, 0.29) is 25.7 Å². The number of esters is 1. The van der Waals surface area contributed by atoms with Gasteiger partial charge in [0.15, 0.2) is 16.7 Å². The summed E-state index contributed by atoms with van der Waals surface area (Å²) in [5, 5.41) is 5.57. The molecule has 1 amide bonds. The fraction of sp³-hybridized carbons (Fsp3) is 0.250. The number of methoxy groups -OCH3 is 1. The van der Waals surface area contributed by atoms with Gasteiger partial charge in [0.1, 0.15) is 12.4 Å². The highest BCUT2D eigenvalue weighted by Crippen LogP contribution is 2.45. The van der Waals surface area contributed by atoms with E-state index in [1.54, 1.807) is 14.0 Å². The second-order valence-corrected chi connectivity index (χ2v) is 9.53.